The smallest absolute Gasteiger partial charge is 0.489 e. The number of halogens is 6. The second kappa shape index (κ2) is 17.3. The van der Waals surface area contributed by atoms with Crippen LogP contribution in [-0.4, -0.2) is 87.1 Å². The molecule has 0 unspecified atom stereocenters. The number of ether oxygens (including phenoxy) is 1. The normalized spacial score (nSPS) is 16.4. The molecule has 1 aliphatic heterocycles. The number of para-hydroxylation sites is 1. The molecule has 2 heterocycles. The Morgan fingerprint density at radius 2 is 1.52 bits per heavy atom. The molecular weight excluding hydrogens is 658 g/mol. The molecule has 3 aromatic rings. The Hall–Kier alpha value is -4.97. The molecular formula is C30H32F6N4O8. The van der Waals surface area contributed by atoms with E-state index in [0.717, 1.165) is 35.2 Å². The lowest BCUT2D eigenvalue weighted by Crippen LogP contribution is -2.55. The Labute approximate surface area is 269 Å². The summed E-state index contributed by atoms with van der Waals surface area (Å²) in [5.41, 5.74) is 5.14. The van der Waals surface area contributed by atoms with E-state index in [1.807, 2.05) is 44.2 Å². The third kappa shape index (κ3) is 12.0. The van der Waals surface area contributed by atoms with E-state index < -0.39 is 36.1 Å². The summed E-state index contributed by atoms with van der Waals surface area (Å²) in [6, 6.07) is 16.6. The van der Waals surface area contributed by atoms with Crippen LogP contribution < -0.4 is 15.5 Å². The number of nitrogens with zero attached hydrogens (tertiary/aromatic N) is 2. The number of carboxylic acid groups (broad SMARTS) is 2. The van der Waals surface area contributed by atoms with Gasteiger partial charge in [0.25, 0.3) is 5.91 Å². The van der Waals surface area contributed by atoms with Crippen LogP contribution in [0, 0.1) is 12.8 Å². The molecule has 1 saturated heterocycles. The number of hydroxylamine groups is 1. The van der Waals surface area contributed by atoms with E-state index in [2.05, 4.69) is 15.2 Å². The first-order valence-corrected chi connectivity index (χ1v) is 14.0. The quantitative estimate of drug-likeness (QED) is 0.136. The van der Waals surface area contributed by atoms with Crippen LogP contribution in [0.2, 0.25) is 0 Å². The van der Waals surface area contributed by atoms with Gasteiger partial charge in [0.05, 0.1) is 11.4 Å². The second-order valence-electron chi connectivity index (χ2n) is 10.2. The molecule has 4 rings (SSSR count). The fraction of sp³-hybridized carbons (Fsp3) is 0.367. The average Bonchev–Trinajstić information content (AvgIpc) is 3.03. The lowest BCUT2D eigenvalue weighted by atomic mass is 9.91. The van der Waals surface area contributed by atoms with Gasteiger partial charge in [-0.15, -0.1) is 0 Å². The van der Waals surface area contributed by atoms with E-state index >= 15 is 0 Å². The van der Waals surface area contributed by atoms with Crippen molar-refractivity contribution in [2.24, 2.45) is 5.92 Å². The number of aliphatic carboxylic acids is 2. The van der Waals surface area contributed by atoms with Crippen molar-refractivity contribution < 1.29 is 65.7 Å². The van der Waals surface area contributed by atoms with Crippen molar-refractivity contribution in [1.29, 1.82) is 0 Å². The number of piperidine rings is 1. The van der Waals surface area contributed by atoms with E-state index in [1.54, 1.807) is 29.7 Å². The predicted molar refractivity (Wildman–Crippen MR) is 156 cm³/mol. The summed E-state index contributed by atoms with van der Waals surface area (Å²) in [4.78, 5) is 49.4. The minimum Gasteiger partial charge on any atom is -0.489 e. The maximum absolute atomic E-state index is 12.8. The molecule has 0 spiro atoms. The molecule has 2 amide bonds. The van der Waals surface area contributed by atoms with Crippen LogP contribution in [0.3, 0.4) is 0 Å². The fourth-order valence-electron chi connectivity index (χ4n) is 4.46. The van der Waals surface area contributed by atoms with E-state index in [0.29, 0.717) is 30.9 Å². The molecule has 5 N–H and O–H groups in total. The van der Waals surface area contributed by atoms with Crippen LogP contribution in [-0.2, 0) is 21.0 Å². The van der Waals surface area contributed by atoms with Gasteiger partial charge in [-0.3, -0.25) is 19.8 Å². The van der Waals surface area contributed by atoms with Gasteiger partial charge < -0.3 is 25.2 Å². The topological polar surface area (TPSA) is 178 Å². The minimum absolute atomic E-state index is 0.256. The number of aryl methyl sites for hydroxylation is 1. The first-order chi connectivity index (χ1) is 22.4. The van der Waals surface area contributed by atoms with E-state index in [9.17, 15) is 35.9 Å². The molecule has 1 aliphatic rings. The van der Waals surface area contributed by atoms with Crippen LogP contribution in [0.15, 0.2) is 54.6 Å². The molecule has 48 heavy (non-hydrogen) atoms. The number of hydrogen-bond acceptors (Lipinski definition) is 8. The molecule has 2 atom stereocenters. The minimum atomic E-state index is -5.08. The van der Waals surface area contributed by atoms with Crippen molar-refractivity contribution >= 4 is 34.7 Å². The van der Waals surface area contributed by atoms with Gasteiger partial charge >= 0.3 is 24.3 Å². The van der Waals surface area contributed by atoms with Crippen LogP contribution in [0.1, 0.15) is 35.0 Å². The second-order valence-corrected chi connectivity index (χ2v) is 10.2. The first kappa shape index (κ1) is 39.2. The molecule has 2 aromatic carbocycles. The Morgan fingerprint density at radius 1 is 0.958 bits per heavy atom. The van der Waals surface area contributed by atoms with Gasteiger partial charge in [-0.1, -0.05) is 25.1 Å². The van der Waals surface area contributed by atoms with Gasteiger partial charge in [0.1, 0.15) is 12.4 Å². The number of nitrogens with one attached hydrogen (secondary N) is 2. The Bertz CT molecular complexity index is 1540. The highest BCUT2D eigenvalue weighted by Crippen LogP contribution is 2.22. The van der Waals surface area contributed by atoms with Crippen molar-refractivity contribution in [1.82, 2.24) is 20.7 Å². The number of hydrogen-bond donors (Lipinski definition) is 5. The fourth-order valence-corrected chi connectivity index (χ4v) is 4.46. The summed E-state index contributed by atoms with van der Waals surface area (Å²) in [5.74, 6) is -6.10. The number of carbonyl (C=O) groups excluding carboxylic acids is 2. The number of rotatable bonds is 7. The summed E-state index contributed by atoms with van der Waals surface area (Å²) in [7, 11) is 0. The largest absolute Gasteiger partial charge is 0.490 e. The maximum Gasteiger partial charge on any atom is 0.490 e. The molecule has 18 heteroatoms. The molecule has 262 valence electrons. The summed E-state index contributed by atoms with van der Waals surface area (Å²) in [6.07, 6.45) is -9.53. The zero-order chi connectivity index (χ0) is 36.2. The molecule has 1 fully saturated rings. The van der Waals surface area contributed by atoms with E-state index in [-0.39, 0.29) is 11.9 Å². The summed E-state index contributed by atoms with van der Waals surface area (Å²) in [5, 5.41) is 27.4. The zero-order valence-corrected chi connectivity index (χ0v) is 25.4. The van der Waals surface area contributed by atoms with Crippen molar-refractivity contribution in [3.8, 4) is 5.75 Å². The van der Waals surface area contributed by atoms with Gasteiger partial charge in [0.2, 0.25) is 5.91 Å². The number of alkyl halides is 6. The number of carboxylic acids is 2. The van der Waals surface area contributed by atoms with Gasteiger partial charge in [0, 0.05) is 41.3 Å². The Morgan fingerprint density at radius 3 is 2.04 bits per heavy atom. The number of fused-ring (bicyclic) bond motifs is 1. The van der Waals surface area contributed by atoms with Gasteiger partial charge in [-0.2, -0.15) is 26.3 Å². The van der Waals surface area contributed by atoms with Crippen molar-refractivity contribution in [3.05, 3.63) is 71.4 Å². The SMILES string of the molecule is CCN1CC[C@@H](NC(=O)c2ccc(OCc3cc(C)nc4ccccc34)cc2)[C@@H](C(=O)NO)C1.O=C(O)C(F)(F)F.O=C(O)C(F)(F)F. The Balaban J connectivity index is 0.000000479. The average molecular weight is 691 g/mol. The van der Waals surface area contributed by atoms with Crippen molar-refractivity contribution in [2.45, 2.75) is 45.3 Å². The van der Waals surface area contributed by atoms with Gasteiger partial charge in [0.15, 0.2) is 0 Å². The predicted octanol–water partition coefficient (Wildman–Crippen LogP) is 4.33. The van der Waals surface area contributed by atoms with E-state index in [4.69, 9.17) is 29.7 Å². The number of pyridine rings is 1. The first-order valence-electron chi connectivity index (χ1n) is 14.0. The third-order valence-electron chi connectivity index (χ3n) is 6.83. The number of amides is 2. The standard InChI is InChI=1S/C26H30N4O4.2C2HF3O2/c1-3-30-13-12-24(22(15-30)26(32)29-33)28-25(31)18-8-10-20(11-9-18)34-16-19-14-17(2)27-23-7-5-4-6-21(19)23;2*3-2(4,5)1(6)7/h4-11,14,22,24,33H,3,12-13,15-16H2,1-2H3,(H,28,31)(H,29,32);2*(H,6,7)/t22-,24+;;/m0../s1. The monoisotopic (exact) mass is 690 g/mol. The summed E-state index contributed by atoms with van der Waals surface area (Å²) in [6.45, 7) is 6.46. The highest BCUT2D eigenvalue weighted by molar-refractivity contribution is 5.95. The van der Waals surface area contributed by atoms with Crippen molar-refractivity contribution in [3.63, 3.8) is 0 Å². The number of aromatic nitrogens is 1. The zero-order valence-electron chi connectivity index (χ0n) is 25.4. The van der Waals surface area contributed by atoms with Crippen LogP contribution in [0.25, 0.3) is 10.9 Å². The molecule has 0 radical (unpaired) electrons. The van der Waals surface area contributed by atoms with Crippen LogP contribution in [0.5, 0.6) is 5.75 Å². The molecule has 0 bridgehead atoms. The van der Waals surface area contributed by atoms with Crippen LogP contribution >= 0.6 is 0 Å². The van der Waals surface area contributed by atoms with Gasteiger partial charge in [-0.25, -0.2) is 15.1 Å². The lowest BCUT2D eigenvalue weighted by Gasteiger charge is -2.37. The third-order valence-corrected chi connectivity index (χ3v) is 6.83. The molecule has 0 saturated carbocycles. The highest BCUT2D eigenvalue weighted by Gasteiger charge is 2.39. The Kier molecular flexibility index (Phi) is 14.1. The summed E-state index contributed by atoms with van der Waals surface area (Å²) < 4.78 is 69.5. The van der Waals surface area contributed by atoms with Gasteiger partial charge in [-0.05, 0) is 56.3 Å². The number of benzene rings is 2. The van der Waals surface area contributed by atoms with Crippen molar-refractivity contribution in [2.75, 3.05) is 19.6 Å². The van der Waals surface area contributed by atoms with Crippen LogP contribution in [0.4, 0.5) is 26.3 Å². The highest BCUT2D eigenvalue weighted by atomic mass is 19.4. The maximum atomic E-state index is 12.8. The lowest BCUT2D eigenvalue weighted by molar-refractivity contribution is -0.193. The number of likely N-dealkylation sites (tertiary alicyclic amines) is 1. The summed E-state index contributed by atoms with van der Waals surface area (Å²) >= 11 is 0. The molecule has 1 aromatic heterocycles. The molecule has 12 nitrogen and oxygen atoms in total. The number of carbonyl (C=O) groups is 4. The molecule has 0 aliphatic carbocycles. The van der Waals surface area contributed by atoms with E-state index in [1.165, 1.54) is 0 Å².